The van der Waals surface area contributed by atoms with Crippen molar-refractivity contribution < 1.29 is 18.7 Å². The van der Waals surface area contributed by atoms with E-state index in [1.165, 1.54) is 30.5 Å². The molecule has 2 aromatic rings. The second-order valence-electron chi connectivity index (χ2n) is 4.34. The van der Waals surface area contributed by atoms with Gasteiger partial charge in [-0.25, -0.2) is 9.18 Å². The second kappa shape index (κ2) is 6.49. The minimum absolute atomic E-state index is 0.307. The average Bonchev–Trinajstić information content (AvgIpc) is 2.87. The summed E-state index contributed by atoms with van der Waals surface area (Å²) in [4.78, 5) is 24.3. The zero-order chi connectivity index (χ0) is 15.4. The predicted molar refractivity (Wildman–Crippen MR) is 78.8 cm³/mol. The number of ether oxygens (including phenoxy) is 1. The number of hydrogen-bond acceptors (Lipinski definition) is 4. The first-order valence-corrected chi connectivity index (χ1v) is 7.07. The quantitative estimate of drug-likeness (QED) is 0.884. The zero-order valence-electron chi connectivity index (χ0n) is 11.6. The minimum Gasteiger partial charge on any atom is -0.451 e. The van der Waals surface area contributed by atoms with E-state index in [1.54, 1.807) is 18.2 Å². The van der Waals surface area contributed by atoms with Crippen LogP contribution in [0.1, 0.15) is 14.5 Å². The van der Waals surface area contributed by atoms with Crippen LogP contribution in [0.5, 0.6) is 0 Å². The Morgan fingerprint density at radius 1 is 1.29 bits per heavy atom. The summed E-state index contributed by atoms with van der Waals surface area (Å²) in [5.74, 6) is -1.22. The summed E-state index contributed by atoms with van der Waals surface area (Å²) in [5.41, 5.74) is 1.68. The number of esters is 1. The SMILES string of the molecule is CNC(=O)COC(=O)c1cc(-c2ccc(F)cc2)c(C)s1. The molecule has 0 aliphatic carbocycles. The van der Waals surface area contributed by atoms with Gasteiger partial charge in [0.2, 0.25) is 0 Å². The first-order valence-electron chi connectivity index (χ1n) is 6.25. The Morgan fingerprint density at radius 3 is 2.57 bits per heavy atom. The van der Waals surface area contributed by atoms with Crippen LogP contribution in [0.25, 0.3) is 11.1 Å². The van der Waals surface area contributed by atoms with E-state index < -0.39 is 5.97 Å². The van der Waals surface area contributed by atoms with E-state index in [0.717, 1.165) is 16.0 Å². The summed E-state index contributed by atoms with van der Waals surface area (Å²) in [7, 11) is 1.47. The molecule has 0 radical (unpaired) electrons. The fourth-order valence-corrected chi connectivity index (χ4v) is 2.71. The van der Waals surface area contributed by atoms with Crippen molar-refractivity contribution >= 4 is 23.2 Å². The number of aryl methyl sites for hydroxylation is 1. The lowest BCUT2D eigenvalue weighted by Gasteiger charge is -2.01. The molecule has 1 heterocycles. The van der Waals surface area contributed by atoms with E-state index in [1.807, 2.05) is 6.92 Å². The maximum Gasteiger partial charge on any atom is 0.348 e. The Bertz CT molecular complexity index is 664. The summed E-state index contributed by atoms with van der Waals surface area (Å²) in [6.07, 6.45) is 0. The number of halogens is 1. The van der Waals surface area contributed by atoms with Gasteiger partial charge in [0.15, 0.2) is 6.61 Å². The fraction of sp³-hybridized carbons (Fsp3) is 0.200. The normalized spacial score (nSPS) is 10.2. The molecule has 1 amide bonds. The Morgan fingerprint density at radius 2 is 1.95 bits per heavy atom. The topological polar surface area (TPSA) is 55.4 Å². The van der Waals surface area contributed by atoms with Gasteiger partial charge in [-0.05, 0) is 36.2 Å². The molecule has 1 aromatic carbocycles. The third kappa shape index (κ3) is 3.66. The van der Waals surface area contributed by atoms with Crippen LogP contribution < -0.4 is 5.32 Å². The highest BCUT2D eigenvalue weighted by Gasteiger charge is 2.15. The summed E-state index contributed by atoms with van der Waals surface area (Å²) in [5, 5.41) is 2.37. The number of rotatable bonds is 4. The molecule has 0 fully saturated rings. The van der Waals surface area contributed by atoms with Crippen LogP contribution in [0.2, 0.25) is 0 Å². The van der Waals surface area contributed by atoms with Gasteiger partial charge in [-0.3, -0.25) is 4.79 Å². The molecule has 21 heavy (non-hydrogen) atoms. The maximum absolute atomic E-state index is 12.9. The maximum atomic E-state index is 12.9. The Kier molecular flexibility index (Phi) is 4.70. The number of carbonyl (C=O) groups excluding carboxylic acids is 2. The number of benzene rings is 1. The largest absolute Gasteiger partial charge is 0.451 e. The van der Waals surface area contributed by atoms with Gasteiger partial charge < -0.3 is 10.1 Å². The molecule has 0 unspecified atom stereocenters. The first-order chi connectivity index (χ1) is 10.0. The van der Waals surface area contributed by atoms with Gasteiger partial charge >= 0.3 is 5.97 Å². The number of thiophene rings is 1. The van der Waals surface area contributed by atoms with Crippen molar-refractivity contribution in [3.8, 4) is 11.1 Å². The fourth-order valence-electron chi connectivity index (χ4n) is 1.77. The van der Waals surface area contributed by atoms with Crippen LogP contribution in [0.15, 0.2) is 30.3 Å². The Balaban J connectivity index is 2.17. The first kappa shape index (κ1) is 15.2. The summed E-state index contributed by atoms with van der Waals surface area (Å²) in [6, 6.07) is 7.75. The molecule has 0 saturated carbocycles. The van der Waals surface area contributed by atoms with E-state index in [4.69, 9.17) is 4.74 Å². The van der Waals surface area contributed by atoms with Gasteiger partial charge in [0, 0.05) is 11.9 Å². The lowest BCUT2D eigenvalue weighted by Crippen LogP contribution is -2.24. The van der Waals surface area contributed by atoms with E-state index in [-0.39, 0.29) is 18.3 Å². The molecule has 4 nitrogen and oxygen atoms in total. The van der Waals surface area contributed by atoms with E-state index in [0.29, 0.717) is 4.88 Å². The van der Waals surface area contributed by atoms with E-state index in [2.05, 4.69) is 5.32 Å². The number of nitrogens with one attached hydrogen (secondary N) is 1. The van der Waals surface area contributed by atoms with Crippen molar-refractivity contribution in [1.29, 1.82) is 0 Å². The van der Waals surface area contributed by atoms with Crippen LogP contribution in [-0.2, 0) is 9.53 Å². The van der Waals surface area contributed by atoms with E-state index in [9.17, 15) is 14.0 Å². The van der Waals surface area contributed by atoms with Crippen LogP contribution in [0, 0.1) is 12.7 Å². The lowest BCUT2D eigenvalue weighted by molar-refractivity contribution is -0.123. The highest BCUT2D eigenvalue weighted by Crippen LogP contribution is 2.31. The molecule has 1 N–H and O–H groups in total. The summed E-state index contributed by atoms with van der Waals surface area (Å²) < 4.78 is 17.8. The average molecular weight is 307 g/mol. The summed E-state index contributed by atoms with van der Waals surface area (Å²) in [6.45, 7) is 1.57. The third-order valence-electron chi connectivity index (χ3n) is 2.89. The van der Waals surface area contributed by atoms with Crippen LogP contribution in [-0.4, -0.2) is 25.5 Å². The molecular weight excluding hydrogens is 293 g/mol. The van der Waals surface area contributed by atoms with Crippen molar-refractivity contribution in [2.45, 2.75) is 6.92 Å². The molecule has 0 bridgehead atoms. The van der Waals surface area contributed by atoms with Crippen molar-refractivity contribution in [3.05, 3.63) is 45.9 Å². The van der Waals surface area contributed by atoms with Crippen molar-refractivity contribution in [2.24, 2.45) is 0 Å². The molecule has 0 aliphatic rings. The highest BCUT2D eigenvalue weighted by molar-refractivity contribution is 7.14. The number of likely N-dealkylation sites (N-methyl/N-ethyl adjacent to an activating group) is 1. The number of hydrogen-bond donors (Lipinski definition) is 1. The predicted octanol–water partition coefficient (Wildman–Crippen LogP) is 2.77. The minimum atomic E-state index is -0.542. The molecular formula is C15H14FNO3S. The van der Waals surface area contributed by atoms with E-state index >= 15 is 0 Å². The molecule has 2 rings (SSSR count). The third-order valence-corrected chi connectivity index (χ3v) is 3.92. The monoisotopic (exact) mass is 307 g/mol. The second-order valence-corrected chi connectivity index (χ2v) is 5.59. The molecule has 110 valence electrons. The summed E-state index contributed by atoms with van der Waals surface area (Å²) >= 11 is 1.28. The smallest absolute Gasteiger partial charge is 0.348 e. The number of carbonyl (C=O) groups is 2. The van der Waals surface area contributed by atoms with Crippen molar-refractivity contribution in [2.75, 3.05) is 13.7 Å². The molecule has 6 heteroatoms. The molecule has 0 spiro atoms. The Labute approximate surface area is 125 Å². The van der Waals surface area contributed by atoms with Gasteiger partial charge in [0.1, 0.15) is 10.7 Å². The van der Waals surface area contributed by atoms with Gasteiger partial charge in [0.25, 0.3) is 5.91 Å². The lowest BCUT2D eigenvalue weighted by atomic mass is 10.1. The Hall–Kier alpha value is -2.21. The molecule has 0 atom stereocenters. The molecule has 0 aliphatic heterocycles. The van der Waals surface area contributed by atoms with Crippen LogP contribution >= 0.6 is 11.3 Å². The standard InChI is InChI=1S/C15H14FNO3S/c1-9-12(10-3-5-11(16)6-4-10)7-13(21-9)15(19)20-8-14(18)17-2/h3-7H,8H2,1-2H3,(H,17,18). The van der Waals surface area contributed by atoms with Gasteiger partial charge in [0.05, 0.1) is 0 Å². The van der Waals surface area contributed by atoms with Crippen molar-refractivity contribution in [1.82, 2.24) is 5.32 Å². The molecule has 0 saturated heterocycles. The van der Waals surface area contributed by atoms with Gasteiger partial charge in [-0.2, -0.15) is 0 Å². The van der Waals surface area contributed by atoms with Crippen molar-refractivity contribution in [3.63, 3.8) is 0 Å². The molecule has 1 aromatic heterocycles. The number of amides is 1. The van der Waals surface area contributed by atoms with Crippen LogP contribution in [0.3, 0.4) is 0 Å². The van der Waals surface area contributed by atoms with Gasteiger partial charge in [-0.15, -0.1) is 11.3 Å². The van der Waals surface area contributed by atoms with Crippen LogP contribution in [0.4, 0.5) is 4.39 Å². The van der Waals surface area contributed by atoms with Gasteiger partial charge in [-0.1, -0.05) is 12.1 Å². The highest BCUT2D eigenvalue weighted by atomic mass is 32.1. The zero-order valence-corrected chi connectivity index (χ0v) is 12.4.